The van der Waals surface area contributed by atoms with Gasteiger partial charge in [0.2, 0.25) is 0 Å². The lowest BCUT2D eigenvalue weighted by Gasteiger charge is -2.05. The Morgan fingerprint density at radius 3 is 2.41 bits per heavy atom. The number of rotatable bonds is 6. The Hall–Kier alpha value is -2.16. The van der Waals surface area contributed by atoms with Gasteiger partial charge in [-0.25, -0.2) is 0 Å². The minimum absolute atomic E-state index is 0.0279. The molecule has 0 saturated carbocycles. The molecule has 1 N–H and O–H groups in total. The van der Waals surface area contributed by atoms with Gasteiger partial charge in [-0.05, 0) is 40.7 Å². The third-order valence-electron chi connectivity index (χ3n) is 4.02. The minimum atomic E-state index is -0.927. The van der Waals surface area contributed by atoms with Crippen molar-refractivity contribution in [2.75, 3.05) is 0 Å². The second kappa shape index (κ2) is 6.73. The number of carbonyl (C=O) groups excluding carboxylic acids is 1. The van der Waals surface area contributed by atoms with Crippen LogP contribution in [-0.4, -0.2) is 16.9 Å². The van der Waals surface area contributed by atoms with Crippen LogP contribution in [0, 0.1) is 6.92 Å². The van der Waals surface area contributed by atoms with Gasteiger partial charge in [0.15, 0.2) is 0 Å². The summed E-state index contributed by atoms with van der Waals surface area (Å²) in [5, 5.41) is 8.69. The molecular formula is C19H22O3. The number of fused-ring (bicyclic) bond motifs is 1. The molecule has 3 nitrogen and oxygen atoms in total. The third kappa shape index (κ3) is 3.73. The first-order chi connectivity index (χ1) is 10.4. The quantitative estimate of drug-likeness (QED) is 0.869. The number of carboxylic acids is 1. The summed E-state index contributed by atoms with van der Waals surface area (Å²) >= 11 is 0. The van der Waals surface area contributed by atoms with E-state index >= 15 is 0 Å². The van der Waals surface area contributed by atoms with Crippen LogP contribution in [0.3, 0.4) is 0 Å². The van der Waals surface area contributed by atoms with E-state index in [0.717, 1.165) is 11.1 Å². The molecule has 0 bridgehead atoms. The van der Waals surface area contributed by atoms with Crippen molar-refractivity contribution in [3.8, 4) is 11.1 Å². The maximum absolute atomic E-state index is 12.0. The molecule has 0 aromatic rings. The molecule has 2 aliphatic rings. The van der Waals surface area contributed by atoms with Crippen LogP contribution >= 0.6 is 0 Å². The van der Waals surface area contributed by atoms with Crippen molar-refractivity contribution < 1.29 is 14.7 Å². The van der Waals surface area contributed by atoms with E-state index in [0.29, 0.717) is 12.3 Å². The number of hydrogen-bond acceptors (Lipinski definition) is 2. The van der Waals surface area contributed by atoms with Crippen molar-refractivity contribution >= 4 is 11.8 Å². The van der Waals surface area contributed by atoms with Gasteiger partial charge in [-0.3, -0.25) is 9.59 Å². The molecule has 2 rings (SSSR count). The molecule has 0 amide bonds. The summed E-state index contributed by atoms with van der Waals surface area (Å²) < 4.78 is 0. The Balaban J connectivity index is 2.33. The lowest BCUT2D eigenvalue weighted by Crippen LogP contribution is -2.06. The molecule has 0 spiro atoms. The fourth-order valence-corrected chi connectivity index (χ4v) is 2.63. The number of ketones is 1. The Kier molecular flexibility index (Phi) is 4.96. The highest BCUT2D eigenvalue weighted by Crippen LogP contribution is 2.33. The van der Waals surface area contributed by atoms with Crippen LogP contribution in [0.2, 0.25) is 0 Å². The largest absolute Gasteiger partial charge is 0.481 e. The smallest absolute Gasteiger partial charge is 0.303 e. The summed E-state index contributed by atoms with van der Waals surface area (Å²) in [6.07, 6.45) is 0.282. The first-order valence-electron chi connectivity index (χ1n) is 7.64. The van der Waals surface area contributed by atoms with E-state index < -0.39 is 5.97 Å². The van der Waals surface area contributed by atoms with Gasteiger partial charge in [0, 0.05) is 12.8 Å². The van der Waals surface area contributed by atoms with Crippen molar-refractivity contribution in [3.63, 3.8) is 0 Å². The Morgan fingerprint density at radius 1 is 1.05 bits per heavy atom. The van der Waals surface area contributed by atoms with Gasteiger partial charge >= 0.3 is 5.97 Å². The fraction of sp³-hybridized carbons (Fsp3) is 0.368. The molecule has 22 heavy (non-hydrogen) atoms. The predicted molar refractivity (Wildman–Crippen MR) is 87.5 cm³/mol. The molecule has 2 aliphatic carbocycles. The van der Waals surface area contributed by atoms with Gasteiger partial charge in [0.05, 0.1) is 6.42 Å². The highest BCUT2D eigenvalue weighted by Gasteiger charge is 2.15. The normalized spacial score (nSPS) is 11.1. The molecule has 116 valence electrons. The second-order valence-electron chi connectivity index (χ2n) is 6.11. The van der Waals surface area contributed by atoms with E-state index in [1.807, 2.05) is 6.07 Å². The lowest BCUT2D eigenvalue weighted by atomic mass is 9.99. The SMILES string of the molecule is Cc1ccc2c(CC(=O)CCC(=O)O)ccc(C(C)C)cc1-2. The van der Waals surface area contributed by atoms with Gasteiger partial charge in [0.1, 0.15) is 5.78 Å². The molecule has 0 fully saturated rings. The molecule has 0 saturated heterocycles. The van der Waals surface area contributed by atoms with E-state index in [9.17, 15) is 9.59 Å². The number of Topliss-reactive ketones (excluding diaryl/α,β-unsaturated/α-hetero) is 1. The molecule has 0 radical (unpaired) electrons. The van der Waals surface area contributed by atoms with E-state index in [-0.39, 0.29) is 18.6 Å². The molecule has 0 heterocycles. The van der Waals surface area contributed by atoms with Crippen molar-refractivity contribution in [2.45, 2.75) is 46.0 Å². The van der Waals surface area contributed by atoms with Crippen LogP contribution in [0.15, 0.2) is 30.3 Å². The summed E-state index contributed by atoms with van der Waals surface area (Å²) in [6, 6.07) is 10.4. The summed E-state index contributed by atoms with van der Waals surface area (Å²) in [5.41, 5.74) is 5.68. The molecule has 0 unspecified atom stereocenters. The van der Waals surface area contributed by atoms with E-state index in [4.69, 9.17) is 5.11 Å². The van der Waals surface area contributed by atoms with Crippen LogP contribution < -0.4 is 0 Å². The zero-order chi connectivity index (χ0) is 16.3. The average Bonchev–Trinajstić information content (AvgIpc) is 2.69. The van der Waals surface area contributed by atoms with Gasteiger partial charge in [-0.1, -0.05) is 44.2 Å². The number of aliphatic carboxylic acids is 1. The maximum atomic E-state index is 12.0. The molecule has 0 aromatic carbocycles. The Labute approximate surface area is 131 Å². The third-order valence-corrected chi connectivity index (χ3v) is 4.02. The Morgan fingerprint density at radius 2 is 1.77 bits per heavy atom. The number of carbonyl (C=O) groups is 2. The van der Waals surface area contributed by atoms with Gasteiger partial charge < -0.3 is 5.11 Å². The minimum Gasteiger partial charge on any atom is -0.481 e. The highest BCUT2D eigenvalue weighted by molar-refractivity contribution is 5.87. The topological polar surface area (TPSA) is 54.4 Å². The van der Waals surface area contributed by atoms with Crippen molar-refractivity contribution in [3.05, 3.63) is 47.0 Å². The first-order valence-corrected chi connectivity index (χ1v) is 7.64. The molecular weight excluding hydrogens is 276 g/mol. The summed E-state index contributed by atoms with van der Waals surface area (Å²) in [6.45, 7) is 6.37. The number of aryl methyl sites for hydroxylation is 1. The van der Waals surface area contributed by atoms with Crippen molar-refractivity contribution in [1.82, 2.24) is 0 Å². The summed E-state index contributed by atoms with van der Waals surface area (Å²) in [7, 11) is 0. The zero-order valence-corrected chi connectivity index (χ0v) is 13.3. The van der Waals surface area contributed by atoms with Crippen LogP contribution in [-0.2, 0) is 16.0 Å². The van der Waals surface area contributed by atoms with Crippen LogP contribution in [0.1, 0.15) is 49.3 Å². The first kappa shape index (κ1) is 16.2. The standard InChI is InChI=1S/C19H22O3/c1-12(2)14-5-6-15(10-16(20)7-9-19(21)22)17-8-4-13(3)18(17)11-14/h4-6,8,11-12H,7,9-10H2,1-3H3,(H,21,22). The van der Waals surface area contributed by atoms with Gasteiger partial charge in [-0.2, -0.15) is 0 Å². The molecule has 0 aliphatic heterocycles. The summed E-state index contributed by atoms with van der Waals surface area (Å²) in [4.78, 5) is 22.6. The average molecular weight is 298 g/mol. The van der Waals surface area contributed by atoms with Gasteiger partial charge in [-0.15, -0.1) is 0 Å². The second-order valence-corrected chi connectivity index (χ2v) is 6.11. The van der Waals surface area contributed by atoms with E-state index in [1.165, 1.54) is 16.7 Å². The molecule has 3 heteroatoms. The molecule has 0 aromatic heterocycles. The van der Waals surface area contributed by atoms with Crippen LogP contribution in [0.5, 0.6) is 0 Å². The monoisotopic (exact) mass is 298 g/mol. The Bertz CT molecular complexity index is 671. The van der Waals surface area contributed by atoms with Crippen molar-refractivity contribution in [2.24, 2.45) is 0 Å². The molecule has 0 atom stereocenters. The van der Waals surface area contributed by atoms with Gasteiger partial charge in [0.25, 0.3) is 0 Å². The highest BCUT2D eigenvalue weighted by atomic mass is 16.4. The van der Waals surface area contributed by atoms with E-state index in [2.05, 4.69) is 45.0 Å². The maximum Gasteiger partial charge on any atom is 0.303 e. The van der Waals surface area contributed by atoms with Crippen LogP contribution in [0.25, 0.3) is 11.1 Å². The zero-order valence-electron chi connectivity index (χ0n) is 13.3. The number of carboxylic acid groups (broad SMARTS) is 1. The number of hydrogen-bond donors (Lipinski definition) is 1. The van der Waals surface area contributed by atoms with Crippen LogP contribution in [0.4, 0.5) is 0 Å². The summed E-state index contributed by atoms with van der Waals surface area (Å²) in [5.74, 6) is -0.538. The fourth-order valence-electron chi connectivity index (χ4n) is 2.63. The van der Waals surface area contributed by atoms with E-state index in [1.54, 1.807) is 0 Å². The lowest BCUT2D eigenvalue weighted by molar-refractivity contribution is -0.138. The van der Waals surface area contributed by atoms with Crippen molar-refractivity contribution in [1.29, 1.82) is 0 Å². The predicted octanol–water partition coefficient (Wildman–Crippen LogP) is 4.20.